The van der Waals surface area contributed by atoms with Crippen LogP contribution < -0.4 is 15.0 Å². The van der Waals surface area contributed by atoms with Crippen molar-refractivity contribution in [3.05, 3.63) is 60.0 Å². The van der Waals surface area contributed by atoms with Crippen molar-refractivity contribution in [3.8, 4) is 5.75 Å². The van der Waals surface area contributed by atoms with Gasteiger partial charge in [0.2, 0.25) is 10.0 Å². The van der Waals surface area contributed by atoms with Crippen LogP contribution >= 0.6 is 0 Å². The Morgan fingerprint density at radius 1 is 0.938 bits per heavy atom. The van der Waals surface area contributed by atoms with Crippen LogP contribution in [0.3, 0.4) is 0 Å². The molecular weight excluding hydrogens is 428 g/mol. The lowest BCUT2D eigenvalue weighted by molar-refractivity contribution is 0.383. The zero-order chi connectivity index (χ0) is 22.7. The summed E-state index contributed by atoms with van der Waals surface area (Å²) >= 11 is 0. The summed E-state index contributed by atoms with van der Waals surface area (Å²) in [5.74, 6) is 2.76. The molecule has 168 valence electrons. The van der Waals surface area contributed by atoms with Crippen molar-refractivity contribution in [2.24, 2.45) is 0 Å². The Kier molecular flexibility index (Phi) is 6.24. The van der Waals surface area contributed by atoms with E-state index in [-0.39, 0.29) is 4.90 Å². The van der Waals surface area contributed by atoms with E-state index in [9.17, 15) is 8.42 Å². The smallest absolute Gasteiger partial charge is 0.243 e. The van der Waals surface area contributed by atoms with Crippen LogP contribution in [0.4, 0.5) is 17.5 Å². The van der Waals surface area contributed by atoms with Crippen LogP contribution in [-0.2, 0) is 10.0 Å². The van der Waals surface area contributed by atoms with Crippen LogP contribution in [-0.4, -0.2) is 61.0 Å². The molecule has 4 rings (SSSR count). The number of hydrogen-bond acceptors (Lipinski definition) is 8. The van der Waals surface area contributed by atoms with Crippen LogP contribution in [0.5, 0.6) is 5.75 Å². The van der Waals surface area contributed by atoms with E-state index in [2.05, 4.69) is 25.2 Å². The van der Waals surface area contributed by atoms with E-state index < -0.39 is 10.0 Å². The lowest BCUT2D eigenvalue weighted by Gasteiger charge is -2.34. The van der Waals surface area contributed by atoms with Gasteiger partial charge in [-0.3, -0.25) is 0 Å². The standard InChI is InChI=1S/C22H26N6O3S/c1-16-6-7-23-20(12-16)26-21-14-22(25-15-24-21)27-8-10-28(11-9-27)32(29,30)18-4-5-19(31-3)17(2)13-18/h4-7,12-15H,8-11H2,1-3H3,(H,23,24,25,26). The molecule has 32 heavy (non-hydrogen) atoms. The highest BCUT2D eigenvalue weighted by Crippen LogP contribution is 2.25. The van der Waals surface area contributed by atoms with Gasteiger partial charge in [-0.2, -0.15) is 4.31 Å². The second kappa shape index (κ2) is 9.09. The molecule has 0 spiro atoms. The number of pyridine rings is 1. The monoisotopic (exact) mass is 454 g/mol. The third kappa shape index (κ3) is 4.66. The molecule has 1 aliphatic rings. The Morgan fingerprint density at radius 2 is 1.69 bits per heavy atom. The molecular formula is C22H26N6O3S. The first-order valence-electron chi connectivity index (χ1n) is 10.3. The topological polar surface area (TPSA) is 101 Å². The normalized spacial score (nSPS) is 14.9. The first kappa shape index (κ1) is 22.0. The van der Waals surface area contributed by atoms with E-state index in [0.29, 0.717) is 43.6 Å². The summed E-state index contributed by atoms with van der Waals surface area (Å²) in [7, 11) is -2.00. The van der Waals surface area contributed by atoms with Crippen LogP contribution in [0.1, 0.15) is 11.1 Å². The van der Waals surface area contributed by atoms with Crippen molar-refractivity contribution >= 4 is 27.5 Å². The van der Waals surface area contributed by atoms with Gasteiger partial charge in [0, 0.05) is 38.4 Å². The number of aryl methyl sites for hydroxylation is 2. The van der Waals surface area contributed by atoms with Gasteiger partial charge in [-0.1, -0.05) is 0 Å². The Bertz CT molecular complexity index is 1210. The van der Waals surface area contributed by atoms with Crippen LogP contribution in [0.2, 0.25) is 0 Å². The Balaban J connectivity index is 1.44. The zero-order valence-corrected chi connectivity index (χ0v) is 19.1. The van der Waals surface area contributed by atoms with E-state index in [0.717, 1.165) is 16.9 Å². The average Bonchev–Trinajstić information content (AvgIpc) is 2.79. The minimum absolute atomic E-state index is 0.281. The molecule has 0 aliphatic carbocycles. The Hall–Kier alpha value is -3.24. The van der Waals surface area contributed by atoms with Gasteiger partial charge in [-0.25, -0.2) is 23.4 Å². The van der Waals surface area contributed by atoms with Gasteiger partial charge in [0.1, 0.15) is 29.5 Å². The lowest BCUT2D eigenvalue weighted by atomic mass is 10.2. The van der Waals surface area contributed by atoms with E-state index in [4.69, 9.17) is 4.74 Å². The predicted molar refractivity (Wildman–Crippen MR) is 123 cm³/mol. The van der Waals surface area contributed by atoms with Crippen molar-refractivity contribution < 1.29 is 13.2 Å². The quantitative estimate of drug-likeness (QED) is 0.607. The summed E-state index contributed by atoms with van der Waals surface area (Å²) in [5, 5.41) is 3.19. The molecule has 1 saturated heterocycles. The number of anilines is 3. The van der Waals surface area contributed by atoms with Gasteiger partial charge >= 0.3 is 0 Å². The maximum Gasteiger partial charge on any atom is 0.243 e. The molecule has 2 aromatic heterocycles. The molecule has 0 unspecified atom stereocenters. The number of aromatic nitrogens is 3. The highest BCUT2D eigenvalue weighted by Gasteiger charge is 2.29. The lowest BCUT2D eigenvalue weighted by Crippen LogP contribution is -2.48. The summed E-state index contributed by atoms with van der Waals surface area (Å²) < 4.78 is 32.9. The van der Waals surface area contributed by atoms with E-state index >= 15 is 0 Å². The molecule has 3 heterocycles. The molecule has 10 heteroatoms. The maximum atomic E-state index is 13.1. The van der Waals surface area contributed by atoms with Gasteiger partial charge in [0.25, 0.3) is 0 Å². The number of ether oxygens (including phenoxy) is 1. The van der Waals surface area contributed by atoms with E-state index in [1.807, 2.05) is 32.0 Å². The summed E-state index contributed by atoms with van der Waals surface area (Å²) in [6.07, 6.45) is 3.24. The minimum Gasteiger partial charge on any atom is -0.496 e. The molecule has 1 aromatic carbocycles. The molecule has 9 nitrogen and oxygen atoms in total. The number of benzene rings is 1. The number of piperazine rings is 1. The highest BCUT2D eigenvalue weighted by molar-refractivity contribution is 7.89. The van der Waals surface area contributed by atoms with Gasteiger partial charge in [0.15, 0.2) is 0 Å². The summed E-state index contributed by atoms with van der Waals surface area (Å²) in [6.45, 7) is 5.65. The molecule has 0 amide bonds. The van der Waals surface area contributed by atoms with Crippen LogP contribution in [0.15, 0.2) is 53.8 Å². The van der Waals surface area contributed by atoms with Crippen molar-refractivity contribution in [1.82, 2.24) is 19.3 Å². The molecule has 3 aromatic rings. The molecule has 1 aliphatic heterocycles. The molecule has 0 saturated carbocycles. The van der Waals surface area contributed by atoms with Crippen molar-refractivity contribution in [1.29, 1.82) is 0 Å². The number of nitrogens with zero attached hydrogens (tertiary/aromatic N) is 5. The summed E-state index contributed by atoms with van der Waals surface area (Å²) in [5.41, 5.74) is 1.89. The van der Waals surface area contributed by atoms with Gasteiger partial charge in [0.05, 0.1) is 12.0 Å². The van der Waals surface area contributed by atoms with E-state index in [1.165, 1.54) is 10.6 Å². The molecule has 1 fully saturated rings. The largest absolute Gasteiger partial charge is 0.496 e. The zero-order valence-electron chi connectivity index (χ0n) is 18.3. The predicted octanol–water partition coefficient (Wildman–Crippen LogP) is 2.75. The fourth-order valence-electron chi connectivity index (χ4n) is 3.64. The fraction of sp³-hybridized carbons (Fsp3) is 0.318. The molecule has 0 atom stereocenters. The van der Waals surface area contributed by atoms with E-state index in [1.54, 1.807) is 31.5 Å². The number of methoxy groups -OCH3 is 1. The van der Waals surface area contributed by atoms with Crippen molar-refractivity contribution in [2.75, 3.05) is 43.5 Å². The Labute approximate surface area is 188 Å². The van der Waals surface area contributed by atoms with Crippen LogP contribution in [0.25, 0.3) is 0 Å². The third-order valence-electron chi connectivity index (χ3n) is 5.39. The SMILES string of the molecule is COc1ccc(S(=O)(=O)N2CCN(c3cc(Nc4cc(C)ccn4)ncn3)CC2)cc1C. The number of sulfonamides is 1. The molecule has 0 bridgehead atoms. The summed E-state index contributed by atoms with van der Waals surface area (Å²) in [4.78, 5) is 15.3. The number of rotatable bonds is 6. The third-order valence-corrected chi connectivity index (χ3v) is 7.29. The molecule has 1 N–H and O–H groups in total. The van der Waals surface area contributed by atoms with Gasteiger partial charge in [-0.15, -0.1) is 0 Å². The summed E-state index contributed by atoms with van der Waals surface area (Å²) in [6, 6.07) is 10.7. The highest BCUT2D eigenvalue weighted by atomic mass is 32.2. The first-order valence-corrected chi connectivity index (χ1v) is 11.7. The number of nitrogens with one attached hydrogen (secondary N) is 1. The second-order valence-corrected chi connectivity index (χ2v) is 9.57. The van der Waals surface area contributed by atoms with Gasteiger partial charge in [-0.05, 0) is 55.3 Å². The molecule has 0 radical (unpaired) electrons. The Morgan fingerprint density at radius 3 is 2.38 bits per heavy atom. The minimum atomic E-state index is -3.57. The van der Waals surface area contributed by atoms with Crippen LogP contribution in [0, 0.1) is 13.8 Å². The number of hydrogen-bond donors (Lipinski definition) is 1. The van der Waals surface area contributed by atoms with Crippen molar-refractivity contribution in [3.63, 3.8) is 0 Å². The van der Waals surface area contributed by atoms with Gasteiger partial charge < -0.3 is 15.0 Å². The first-order chi connectivity index (χ1) is 15.4. The average molecular weight is 455 g/mol. The van der Waals surface area contributed by atoms with Crippen molar-refractivity contribution in [2.45, 2.75) is 18.7 Å². The maximum absolute atomic E-state index is 13.1. The fourth-order valence-corrected chi connectivity index (χ4v) is 5.15. The second-order valence-electron chi connectivity index (χ2n) is 7.63.